The SMILES string of the molecule is CCC[C@H](C)NC(=O)Nc1ccccc1I. The van der Waals surface area contributed by atoms with Gasteiger partial charge in [-0.2, -0.15) is 0 Å². The van der Waals surface area contributed by atoms with Gasteiger partial charge in [0, 0.05) is 9.61 Å². The molecular formula is C12H17IN2O. The summed E-state index contributed by atoms with van der Waals surface area (Å²) in [6, 6.07) is 7.80. The standard InChI is InChI=1S/C12H17IN2O/c1-3-6-9(2)14-12(16)15-11-8-5-4-7-10(11)13/h4-5,7-9H,3,6H2,1-2H3,(H2,14,15,16)/t9-/m0/s1. The molecule has 0 aliphatic carbocycles. The minimum absolute atomic E-state index is 0.134. The quantitative estimate of drug-likeness (QED) is 0.813. The van der Waals surface area contributed by atoms with E-state index in [1.54, 1.807) is 0 Å². The molecule has 2 amide bonds. The van der Waals surface area contributed by atoms with Gasteiger partial charge in [0.2, 0.25) is 0 Å². The Balaban J connectivity index is 2.49. The van der Waals surface area contributed by atoms with E-state index in [0.717, 1.165) is 22.1 Å². The first-order chi connectivity index (χ1) is 7.63. The first-order valence-electron chi connectivity index (χ1n) is 5.45. The molecule has 0 radical (unpaired) electrons. The fourth-order valence-electron chi connectivity index (χ4n) is 1.45. The number of carbonyl (C=O) groups excluding carboxylic acids is 1. The predicted octanol–water partition coefficient (Wildman–Crippen LogP) is 3.60. The zero-order valence-corrected chi connectivity index (χ0v) is 11.7. The van der Waals surface area contributed by atoms with E-state index >= 15 is 0 Å². The minimum Gasteiger partial charge on any atom is -0.335 e. The highest BCUT2D eigenvalue weighted by atomic mass is 127. The third-order valence-corrected chi connectivity index (χ3v) is 3.16. The lowest BCUT2D eigenvalue weighted by molar-refractivity contribution is 0.248. The van der Waals surface area contributed by atoms with Crippen molar-refractivity contribution in [3.63, 3.8) is 0 Å². The lowest BCUT2D eigenvalue weighted by Gasteiger charge is -2.14. The van der Waals surface area contributed by atoms with Gasteiger partial charge >= 0.3 is 6.03 Å². The largest absolute Gasteiger partial charge is 0.335 e. The van der Waals surface area contributed by atoms with Crippen molar-refractivity contribution in [2.75, 3.05) is 5.32 Å². The Hall–Kier alpha value is -0.780. The molecule has 0 heterocycles. The Kier molecular flexibility index (Phi) is 5.59. The summed E-state index contributed by atoms with van der Waals surface area (Å²) in [5.41, 5.74) is 0.851. The number of anilines is 1. The second kappa shape index (κ2) is 6.73. The van der Waals surface area contributed by atoms with Gasteiger partial charge in [-0.05, 0) is 48.1 Å². The van der Waals surface area contributed by atoms with Gasteiger partial charge < -0.3 is 10.6 Å². The zero-order chi connectivity index (χ0) is 12.0. The Morgan fingerprint density at radius 3 is 2.75 bits per heavy atom. The third kappa shape index (κ3) is 4.38. The second-order valence-electron chi connectivity index (χ2n) is 3.77. The summed E-state index contributed by atoms with van der Waals surface area (Å²) < 4.78 is 1.04. The van der Waals surface area contributed by atoms with Crippen LogP contribution in [0.3, 0.4) is 0 Å². The number of benzene rings is 1. The highest BCUT2D eigenvalue weighted by molar-refractivity contribution is 14.1. The molecule has 0 saturated heterocycles. The van der Waals surface area contributed by atoms with Crippen LogP contribution >= 0.6 is 22.6 Å². The summed E-state index contributed by atoms with van der Waals surface area (Å²) in [7, 11) is 0. The van der Waals surface area contributed by atoms with Crippen molar-refractivity contribution < 1.29 is 4.79 Å². The van der Waals surface area contributed by atoms with Crippen LogP contribution in [0.15, 0.2) is 24.3 Å². The molecule has 0 bridgehead atoms. The molecule has 0 aliphatic rings. The highest BCUT2D eigenvalue weighted by Gasteiger charge is 2.07. The number of carbonyl (C=O) groups is 1. The maximum Gasteiger partial charge on any atom is 0.319 e. The number of para-hydroxylation sites is 1. The molecule has 0 spiro atoms. The summed E-state index contributed by atoms with van der Waals surface area (Å²) in [5, 5.41) is 5.75. The molecule has 1 aromatic rings. The van der Waals surface area contributed by atoms with Crippen molar-refractivity contribution in [1.29, 1.82) is 0 Å². The van der Waals surface area contributed by atoms with E-state index in [2.05, 4.69) is 40.1 Å². The van der Waals surface area contributed by atoms with Crippen molar-refractivity contribution in [3.8, 4) is 0 Å². The molecule has 2 N–H and O–H groups in total. The van der Waals surface area contributed by atoms with Crippen molar-refractivity contribution >= 4 is 34.3 Å². The van der Waals surface area contributed by atoms with E-state index in [1.807, 2.05) is 31.2 Å². The van der Waals surface area contributed by atoms with Crippen LogP contribution in [0.4, 0.5) is 10.5 Å². The topological polar surface area (TPSA) is 41.1 Å². The van der Waals surface area contributed by atoms with Crippen LogP contribution in [0.2, 0.25) is 0 Å². The van der Waals surface area contributed by atoms with E-state index in [4.69, 9.17) is 0 Å². The van der Waals surface area contributed by atoms with E-state index in [1.165, 1.54) is 0 Å². The molecule has 1 aromatic carbocycles. The maximum atomic E-state index is 11.6. The van der Waals surface area contributed by atoms with E-state index in [0.29, 0.717) is 0 Å². The smallest absolute Gasteiger partial charge is 0.319 e. The summed E-state index contributed by atoms with van der Waals surface area (Å²) in [6.07, 6.45) is 2.07. The summed E-state index contributed by atoms with van der Waals surface area (Å²) in [6.45, 7) is 4.12. The van der Waals surface area contributed by atoms with Crippen molar-refractivity contribution in [3.05, 3.63) is 27.8 Å². The summed E-state index contributed by atoms with van der Waals surface area (Å²) in [4.78, 5) is 11.6. The average molecular weight is 332 g/mol. The van der Waals surface area contributed by atoms with E-state index < -0.39 is 0 Å². The Morgan fingerprint density at radius 1 is 1.44 bits per heavy atom. The molecule has 0 aliphatic heterocycles. The first kappa shape index (κ1) is 13.3. The molecule has 0 fully saturated rings. The van der Waals surface area contributed by atoms with Crippen LogP contribution in [0.25, 0.3) is 0 Å². The molecule has 88 valence electrons. The fraction of sp³-hybridized carbons (Fsp3) is 0.417. The van der Waals surface area contributed by atoms with Gasteiger partial charge in [0.15, 0.2) is 0 Å². The molecule has 0 aromatic heterocycles. The van der Waals surface area contributed by atoms with Gasteiger partial charge in [-0.3, -0.25) is 0 Å². The number of hydrogen-bond donors (Lipinski definition) is 2. The van der Waals surface area contributed by atoms with Crippen molar-refractivity contribution in [1.82, 2.24) is 5.32 Å². The molecule has 3 nitrogen and oxygen atoms in total. The van der Waals surface area contributed by atoms with E-state index in [-0.39, 0.29) is 12.1 Å². The van der Waals surface area contributed by atoms with E-state index in [9.17, 15) is 4.79 Å². The molecule has 1 atom stereocenters. The number of urea groups is 1. The Morgan fingerprint density at radius 2 is 2.12 bits per heavy atom. The maximum absolute atomic E-state index is 11.6. The minimum atomic E-state index is -0.134. The van der Waals surface area contributed by atoms with Crippen LogP contribution < -0.4 is 10.6 Å². The molecule has 1 rings (SSSR count). The average Bonchev–Trinajstić information content (AvgIpc) is 2.21. The fourth-order valence-corrected chi connectivity index (χ4v) is 1.97. The number of hydrogen-bond acceptors (Lipinski definition) is 1. The summed E-state index contributed by atoms with van der Waals surface area (Å²) in [5.74, 6) is 0. The van der Waals surface area contributed by atoms with Crippen LogP contribution in [-0.4, -0.2) is 12.1 Å². The molecule has 0 unspecified atom stereocenters. The number of halogens is 1. The monoisotopic (exact) mass is 332 g/mol. The molecule has 4 heteroatoms. The normalized spacial score (nSPS) is 11.9. The van der Waals surface area contributed by atoms with Gasteiger partial charge in [0.05, 0.1) is 5.69 Å². The molecular weight excluding hydrogens is 315 g/mol. The van der Waals surface area contributed by atoms with Crippen LogP contribution in [-0.2, 0) is 0 Å². The van der Waals surface area contributed by atoms with Gasteiger partial charge in [-0.25, -0.2) is 4.79 Å². The van der Waals surface area contributed by atoms with Crippen LogP contribution in [0.1, 0.15) is 26.7 Å². The molecule has 16 heavy (non-hydrogen) atoms. The van der Waals surface area contributed by atoms with Gasteiger partial charge in [-0.15, -0.1) is 0 Å². The van der Waals surface area contributed by atoms with Gasteiger partial charge in [-0.1, -0.05) is 25.5 Å². The number of rotatable bonds is 4. The molecule has 0 saturated carbocycles. The van der Waals surface area contributed by atoms with Crippen LogP contribution in [0, 0.1) is 3.57 Å². The number of amides is 2. The van der Waals surface area contributed by atoms with Crippen molar-refractivity contribution in [2.45, 2.75) is 32.7 Å². The number of nitrogens with one attached hydrogen (secondary N) is 2. The van der Waals surface area contributed by atoms with Gasteiger partial charge in [0.25, 0.3) is 0 Å². The predicted molar refractivity (Wildman–Crippen MR) is 75.7 cm³/mol. The third-order valence-electron chi connectivity index (χ3n) is 2.22. The lowest BCUT2D eigenvalue weighted by atomic mass is 10.2. The summed E-state index contributed by atoms with van der Waals surface area (Å²) >= 11 is 2.20. The highest BCUT2D eigenvalue weighted by Crippen LogP contribution is 2.16. The Labute approximate surface area is 110 Å². The van der Waals surface area contributed by atoms with Gasteiger partial charge in [0.1, 0.15) is 0 Å². The van der Waals surface area contributed by atoms with Crippen molar-refractivity contribution in [2.24, 2.45) is 0 Å². The second-order valence-corrected chi connectivity index (χ2v) is 4.93. The lowest BCUT2D eigenvalue weighted by Crippen LogP contribution is -2.36. The Bertz CT molecular complexity index is 355. The zero-order valence-electron chi connectivity index (χ0n) is 9.59. The first-order valence-corrected chi connectivity index (χ1v) is 6.53. The van der Waals surface area contributed by atoms with Crippen LogP contribution in [0.5, 0.6) is 0 Å².